The van der Waals surface area contributed by atoms with E-state index in [1.165, 1.54) is 0 Å². The summed E-state index contributed by atoms with van der Waals surface area (Å²) in [7, 11) is 1.76. The van der Waals surface area contributed by atoms with Crippen molar-refractivity contribution >= 4 is 0 Å². The Morgan fingerprint density at radius 2 is 1.68 bits per heavy atom. The molecule has 0 aromatic rings. The molecule has 0 aromatic heterocycles. The van der Waals surface area contributed by atoms with Gasteiger partial charge in [-0.25, -0.2) is 0 Å². The zero-order valence-corrected chi connectivity index (χ0v) is 29.3. The van der Waals surface area contributed by atoms with Crippen LogP contribution in [0.2, 0.25) is 0 Å². The fourth-order valence-corrected chi connectivity index (χ4v) is 9.82. The Labute approximate surface area is 267 Å². The second kappa shape index (κ2) is 12.9. The van der Waals surface area contributed by atoms with Gasteiger partial charge in [0.2, 0.25) is 0 Å². The Hall–Kier alpha value is -0.320. The van der Waals surface area contributed by atoms with Gasteiger partial charge in [-0.15, -0.1) is 0 Å². The van der Waals surface area contributed by atoms with E-state index in [1.54, 1.807) is 7.11 Å². The number of aliphatic hydroxyl groups is 2. The Kier molecular flexibility index (Phi) is 10.3. The molecular formula is C36H64O8. The molecule has 0 bridgehead atoms. The molecule has 5 saturated heterocycles. The molecule has 5 fully saturated rings. The summed E-state index contributed by atoms with van der Waals surface area (Å²) in [5.41, 5.74) is -1.41. The van der Waals surface area contributed by atoms with Crippen molar-refractivity contribution < 1.29 is 38.6 Å². The molecule has 0 aromatic carbocycles. The Morgan fingerprint density at radius 1 is 0.955 bits per heavy atom. The topological polar surface area (TPSA) is 95.8 Å². The summed E-state index contributed by atoms with van der Waals surface area (Å²) in [6.45, 7) is 19.6. The lowest BCUT2D eigenvalue weighted by molar-refractivity contribution is -0.335. The van der Waals surface area contributed by atoms with Crippen molar-refractivity contribution in [3.05, 3.63) is 0 Å². The number of rotatable bonds is 9. The van der Waals surface area contributed by atoms with Crippen LogP contribution < -0.4 is 0 Å². The molecule has 2 N–H and O–H groups in total. The molecule has 8 heteroatoms. The highest BCUT2D eigenvalue weighted by Gasteiger charge is 2.62. The maximum atomic E-state index is 11.2. The molecule has 0 amide bonds. The van der Waals surface area contributed by atoms with Crippen LogP contribution in [0.25, 0.3) is 0 Å². The third-order valence-electron chi connectivity index (χ3n) is 13.1. The van der Waals surface area contributed by atoms with Crippen LogP contribution in [0.4, 0.5) is 0 Å². The van der Waals surface area contributed by atoms with Gasteiger partial charge in [-0.05, 0) is 76.5 Å². The van der Waals surface area contributed by atoms with Gasteiger partial charge in [-0.3, -0.25) is 0 Å². The van der Waals surface area contributed by atoms with Gasteiger partial charge in [0, 0.05) is 31.8 Å². The van der Waals surface area contributed by atoms with Gasteiger partial charge in [0.25, 0.3) is 0 Å². The van der Waals surface area contributed by atoms with E-state index < -0.39 is 23.1 Å². The van der Waals surface area contributed by atoms with E-state index in [0.29, 0.717) is 24.2 Å². The van der Waals surface area contributed by atoms with Crippen molar-refractivity contribution in [3.8, 4) is 0 Å². The number of methoxy groups -OCH3 is 1. The second-order valence-corrected chi connectivity index (χ2v) is 16.1. The third kappa shape index (κ3) is 6.06. The molecule has 0 saturated carbocycles. The molecule has 256 valence electrons. The zero-order chi connectivity index (χ0) is 32.2. The van der Waals surface area contributed by atoms with Crippen LogP contribution in [0.1, 0.15) is 120 Å². The summed E-state index contributed by atoms with van der Waals surface area (Å²) in [6.07, 6.45) is 6.95. The minimum absolute atomic E-state index is 0.00637. The highest BCUT2D eigenvalue weighted by Crippen LogP contribution is 2.55. The molecule has 5 aliphatic heterocycles. The summed E-state index contributed by atoms with van der Waals surface area (Å²) in [4.78, 5) is 0. The summed E-state index contributed by atoms with van der Waals surface area (Å²) in [6, 6.07) is 0. The van der Waals surface area contributed by atoms with E-state index >= 15 is 0 Å². The first-order chi connectivity index (χ1) is 20.7. The zero-order valence-electron chi connectivity index (χ0n) is 29.3. The predicted molar refractivity (Wildman–Crippen MR) is 169 cm³/mol. The van der Waals surface area contributed by atoms with Gasteiger partial charge in [0.15, 0.2) is 5.79 Å². The summed E-state index contributed by atoms with van der Waals surface area (Å²) < 4.78 is 40.4. The van der Waals surface area contributed by atoms with E-state index in [1.807, 2.05) is 6.92 Å². The Morgan fingerprint density at radius 3 is 2.32 bits per heavy atom. The van der Waals surface area contributed by atoms with Gasteiger partial charge in [0.05, 0.1) is 66.1 Å². The second-order valence-electron chi connectivity index (χ2n) is 16.1. The van der Waals surface area contributed by atoms with Crippen molar-refractivity contribution in [2.45, 2.75) is 185 Å². The lowest BCUT2D eigenvalue weighted by atomic mass is 9.77. The standard InChI is InChI=1S/C36H64O8/c1-11-27(39-10)25(7)31-24(6)26(38)19-36(43-31)16-15-33(8,44-36)29-13-14-35(12-2,41-29)32-22(4)18-28(40-32)30-21(3)17-23(5)34(9,20-37)42-30/h21-32,37-38H,11-20H2,1-10H3/t21-,22-,23+,24+,25-,26-,27-,28?,29+,30-,31-,32+,33-,34-,35-,36+/m0/s1. The third-order valence-corrected chi connectivity index (χ3v) is 13.1. The van der Waals surface area contributed by atoms with E-state index in [4.69, 9.17) is 28.4 Å². The number of hydrogen-bond donors (Lipinski definition) is 2. The smallest absolute Gasteiger partial charge is 0.172 e. The lowest BCUT2D eigenvalue weighted by Gasteiger charge is -2.48. The number of hydrogen-bond acceptors (Lipinski definition) is 8. The summed E-state index contributed by atoms with van der Waals surface area (Å²) in [5, 5.41) is 21.4. The van der Waals surface area contributed by atoms with Gasteiger partial charge in [-0.1, -0.05) is 48.5 Å². The van der Waals surface area contributed by atoms with Crippen LogP contribution in [0.3, 0.4) is 0 Å². The first-order valence-electron chi connectivity index (χ1n) is 17.9. The normalized spacial score (nSPS) is 52.9. The molecule has 0 aliphatic carbocycles. The maximum absolute atomic E-state index is 11.2. The van der Waals surface area contributed by atoms with E-state index in [0.717, 1.165) is 51.4 Å². The quantitative estimate of drug-likeness (QED) is 0.321. The fourth-order valence-electron chi connectivity index (χ4n) is 9.82. The molecule has 8 nitrogen and oxygen atoms in total. The number of aliphatic hydroxyl groups excluding tert-OH is 2. The van der Waals surface area contributed by atoms with Crippen LogP contribution in [0.5, 0.6) is 0 Å². The van der Waals surface area contributed by atoms with Crippen molar-refractivity contribution in [2.24, 2.45) is 29.6 Å². The van der Waals surface area contributed by atoms with Gasteiger partial charge >= 0.3 is 0 Å². The SMILES string of the molecule is CC[C@H](OC)[C@H](C)[C@H]1O[C@@]2(CC[C@@](C)([C@H]3CC[C@@](CC)([C@@H]4OC([C@H]5O[C@@](C)(CO)[C@H](C)C[C@@H]5C)C[C@@H]4C)O3)O2)C[C@H](O)[C@H]1C. The molecule has 1 unspecified atom stereocenters. The highest BCUT2D eigenvalue weighted by molar-refractivity contribution is 5.08. The number of ether oxygens (including phenoxy) is 6. The molecule has 1 spiro atoms. The van der Waals surface area contributed by atoms with Crippen molar-refractivity contribution in [3.63, 3.8) is 0 Å². The first kappa shape index (κ1) is 35.0. The molecule has 16 atom stereocenters. The van der Waals surface area contributed by atoms with Crippen LogP contribution in [0, 0.1) is 29.6 Å². The van der Waals surface area contributed by atoms with Crippen LogP contribution in [-0.4, -0.2) is 89.2 Å². The minimum Gasteiger partial charge on any atom is -0.393 e. The highest BCUT2D eigenvalue weighted by atomic mass is 16.7. The molecule has 5 rings (SSSR count). The largest absolute Gasteiger partial charge is 0.393 e. The molecular weight excluding hydrogens is 560 g/mol. The average molecular weight is 625 g/mol. The van der Waals surface area contributed by atoms with Crippen molar-refractivity contribution in [1.29, 1.82) is 0 Å². The van der Waals surface area contributed by atoms with E-state index in [9.17, 15) is 10.2 Å². The molecule has 5 heterocycles. The van der Waals surface area contributed by atoms with Gasteiger partial charge < -0.3 is 38.6 Å². The molecule has 44 heavy (non-hydrogen) atoms. The summed E-state index contributed by atoms with van der Waals surface area (Å²) >= 11 is 0. The van der Waals surface area contributed by atoms with Crippen LogP contribution in [0.15, 0.2) is 0 Å². The van der Waals surface area contributed by atoms with Gasteiger partial charge in [0.1, 0.15) is 0 Å². The lowest BCUT2D eigenvalue weighted by Crippen LogP contribution is -2.56. The monoisotopic (exact) mass is 624 g/mol. The Bertz CT molecular complexity index is 976. The fraction of sp³-hybridized carbons (Fsp3) is 1.00. The van der Waals surface area contributed by atoms with E-state index in [2.05, 4.69) is 55.4 Å². The minimum atomic E-state index is -0.806. The average Bonchev–Trinajstić information content (AvgIpc) is 3.70. The van der Waals surface area contributed by atoms with Crippen LogP contribution >= 0.6 is 0 Å². The van der Waals surface area contributed by atoms with Gasteiger partial charge in [-0.2, -0.15) is 0 Å². The van der Waals surface area contributed by atoms with Crippen molar-refractivity contribution in [1.82, 2.24) is 0 Å². The maximum Gasteiger partial charge on any atom is 0.172 e. The van der Waals surface area contributed by atoms with E-state index in [-0.39, 0.29) is 60.7 Å². The van der Waals surface area contributed by atoms with Crippen molar-refractivity contribution in [2.75, 3.05) is 13.7 Å². The Balaban J connectivity index is 1.28. The summed E-state index contributed by atoms with van der Waals surface area (Å²) in [5.74, 6) is 0.350. The first-order valence-corrected chi connectivity index (χ1v) is 17.9. The van der Waals surface area contributed by atoms with Crippen LogP contribution in [-0.2, 0) is 28.4 Å². The predicted octanol–water partition coefficient (Wildman–Crippen LogP) is 6.03. The molecule has 0 radical (unpaired) electrons. The molecule has 5 aliphatic rings.